The number of benzene rings is 2. The number of nitrogens with zero attached hydrogens (tertiary/aromatic N) is 2. The molecule has 0 fully saturated rings. The number of H-pyrrole nitrogens is 1. The van der Waals surface area contributed by atoms with E-state index < -0.39 is 0 Å². The average molecular weight is 467 g/mol. The Kier molecular flexibility index (Phi) is 4.26. The number of ketones is 1. The maximum absolute atomic E-state index is 13.5. The van der Waals surface area contributed by atoms with Crippen LogP contribution in [0.1, 0.15) is 16.1 Å². The van der Waals surface area contributed by atoms with Crippen LogP contribution >= 0.6 is 0 Å². The molecule has 134 valence electrons. The minimum absolute atomic E-state index is 0. The first-order valence-electron chi connectivity index (χ1n) is 8.63. The second-order valence-corrected chi connectivity index (χ2v) is 6.69. The summed E-state index contributed by atoms with van der Waals surface area (Å²) in [6.07, 6.45) is 3.78. The van der Waals surface area contributed by atoms with Gasteiger partial charge in [-0.25, -0.2) is 0 Å². The van der Waals surface area contributed by atoms with E-state index in [-0.39, 0.29) is 29.8 Å². The first-order valence-corrected chi connectivity index (χ1v) is 8.63. The molecule has 0 aliphatic carbocycles. The van der Waals surface area contributed by atoms with E-state index in [1.165, 1.54) is 5.39 Å². The smallest absolute Gasteiger partial charge is 0.278 e. The van der Waals surface area contributed by atoms with Gasteiger partial charge in [0.05, 0.1) is 5.56 Å². The van der Waals surface area contributed by atoms with Crippen LogP contribution in [0.25, 0.3) is 32.7 Å². The van der Waals surface area contributed by atoms with Crippen molar-refractivity contribution in [2.24, 2.45) is 14.1 Å². The molecule has 4 nitrogen and oxygen atoms in total. The Morgan fingerprint density at radius 2 is 1.67 bits per heavy atom. The quantitative estimate of drug-likeness (QED) is 0.234. The van der Waals surface area contributed by atoms with Crippen molar-refractivity contribution in [3.63, 3.8) is 0 Å². The topological polar surface area (TPSA) is 41.7 Å². The van der Waals surface area contributed by atoms with Gasteiger partial charge in [0.2, 0.25) is 0 Å². The van der Waals surface area contributed by atoms with Crippen molar-refractivity contribution in [2.45, 2.75) is 0 Å². The fourth-order valence-electron chi connectivity index (χ4n) is 3.96. The summed E-state index contributed by atoms with van der Waals surface area (Å²) in [4.78, 5) is 16.7. The van der Waals surface area contributed by atoms with Gasteiger partial charge in [-0.15, -0.1) is 0 Å². The lowest BCUT2D eigenvalue weighted by molar-refractivity contribution is -0.672. The Labute approximate surface area is 173 Å². The minimum Gasteiger partial charge on any atom is -1.00 e. The van der Waals surface area contributed by atoms with Gasteiger partial charge in [-0.05, 0) is 12.1 Å². The standard InChI is InChI=1S/C22H17N3O.HI/c1-24-12-11-16-15-8-4-6-10-19(15)25(2)20(16)21(24)22(26)17-13-23-18-9-5-3-7-14(17)18;/h3-13H,1-2H3;1H. The van der Waals surface area contributed by atoms with Crippen molar-refractivity contribution in [3.05, 3.63) is 78.2 Å². The molecule has 3 heterocycles. The second-order valence-electron chi connectivity index (χ2n) is 6.69. The Morgan fingerprint density at radius 3 is 2.48 bits per heavy atom. The van der Waals surface area contributed by atoms with Crippen molar-refractivity contribution in [2.75, 3.05) is 0 Å². The monoisotopic (exact) mass is 467 g/mol. The number of halogens is 1. The Morgan fingerprint density at radius 1 is 0.963 bits per heavy atom. The molecule has 0 unspecified atom stereocenters. The number of hydrogen-bond acceptors (Lipinski definition) is 1. The van der Waals surface area contributed by atoms with Crippen LogP contribution in [0.15, 0.2) is 67.0 Å². The lowest BCUT2D eigenvalue weighted by Crippen LogP contribution is -3.00. The number of rotatable bonds is 2. The third-order valence-corrected chi connectivity index (χ3v) is 5.24. The van der Waals surface area contributed by atoms with Crippen molar-refractivity contribution >= 4 is 38.5 Å². The van der Waals surface area contributed by atoms with Gasteiger partial charge in [-0.1, -0.05) is 36.4 Å². The summed E-state index contributed by atoms with van der Waals surface area (Å²) in [6, 6.07) is 18.3. The Bertz CT molecular complexity index is 1330. The highest BCUT2D eigenvalue weighted by atomic mass is 127. The number of hydrogen-bond donors (Lipinski definition) is 1. The Hall–Kier alpha value is -2.67. The highest BCUT2D eigenvalue weighted by molar-refractivity contribution is 6.21. The van der Waals surface area contributed by atoms with Gasteiger partial charge >= 0.3 is 0 Å². The SMILES string of the molecule is Cn1c2ccccc2c2cc[n+](C)c(C(=O)c3c[nH]c4ccccc34)c21.[I-]. The van der Waals surface area contributed by atoms with Gasteiger partial charge in [0.15, 0.2) is 6.20 Å². The van der Waals surface area contributed by atoms with Gasteiger partial charge < -0.3 is 33.5 Å². The van der Waals surface area contributed by atoms with E-state index >= 15 is 0 Å². The van der Waals surface area contributed by atoms with E-state index in [4.69, 9.17) is 0 Å². The molecule has 5 aromatic rings. The molecule has 0 saturated carbocycles. The maximum Gasteiger partial charge on any atom is 0.278 e. The number of aromatic nitrogens is 3. The molecule has 5 heteroatoms. The third-order valence-electron chi connectivity index (χ3n) is 5.24. The van der Waals surface area contributed by atoms with Gasteiger partial charge in [-0.2, -0.15) is 4.57 Å². The third kappa shape index (κ3) is 2.49. The number of fused-ring (bicyclic) bond motifs is 4. The van der Waals surface area contributed by atoms with Crippen molar-refractivity contribution in [3.8, 4) is 0 Å². The minimum atomic E-state index is 0. The first kappa shape index (κ1) is 17.7. The largest absolute Gasteiger partial charge is 1.00 e. The zero-order chi connectivity index (χ0) is 17.8. The molecule has 0 atom stereocenters. The summed E-state index contributed by atoms with van der Waals surface area (Å²) in [5.74, 6) is 0.0291. The van der Waals surface area contributed by atoms with Crippen LogP contribution in [0.4, 0.5) is 0 Å². The summed E-state index contributed by atoms with van der Waals surface area (Å²) >= 11 is 0. The summed E-state index contributed by atoms with van der Waals surface area (Å²) in [6.45, 7) is 0. The lowest BCUT2D eigenvalue weighted by Gasteiger charge is -2.04. The van der Waals surface area contributed by atoms with Crippen LogP contribution in [0, 0.1) is 0 Å². The molecule has 0 spiro atoms. The number of para-hydroxylation sites is 2. The molecule has 2 aromatic carbocycles. The van der Waals surface area contributed by atoms with Gasteiger partial charge in [-0.3, -0.25) is 4.79 Å². The van der Waals surface area contributed by atoms with E-state index in [2.05, 4.69) is 27.8 Å². The molecular weight excluding hydrogens is 449 g/mol. The second kappa shape index (κ2) is 6.49. The number of aromatic amines is 1. The van der Waals surface area contributed by atoms with Crippen LogP contribution in [-0.2, 0) is 14.1 Å². The number of carbonyl (C=O) groups is 1. The molecule has 1 N–H and O–H groups in total. The first-order chi connectivity index (χ1) is 12.7. The zero-order valence-electron chi connectivity index (χ0n) is 15.0. The molecule has 0 radical (unpaired) electrons. The van der Waals surface area contributed by atoms with E-state index in [0.29, 0.717) is 11.3 Å². The van der Waals surface area contributed by atoms with E-state index in [1.54, 1.807) is 0 Å². The molecule has 0 bridgehead atoms. The van der Waals surface area contributed by atoms with E-state index in [9.17, 15) is 4.79 Å². The van der Waals surface area contributed by atoms with E-state index in [0.717, 1.165) is 27.3 Å². The molecule has 0 saturated heterocycles. The summed E-state index contributed by atoms with van der Waals surface area (Å²) in [5, 5.41) is 3.22. The highest BCUT2D eigenvalue weighted by Gasteiger charge is 2.28. The summed E-state index contributed by atoms with van der Waals surface area (Å²) < 4.78 is 4.04. The number of aryl methyl sites for hydroxylation is 2. The van der Waals surface area contributed by atoms with Crippen molar-refractivity contribution in [1.29, 1.82) is 0 Å². The van der Waals surface area contributed by atoms with Crippen LogP contribution < -0.4 is 28.5 Å². The predicted octanol–water partition coefficient (Wildman–Crippen LogP) is 0.872. The van der Waals surface area contributed by atoms with Crippen LogP contribution in [0.2, 0.25) is 0 Å². The number of carbonyl (C=O) groups excluding carboxylic acids is 1. The van der Waals surface area contributed by atoms with Crippen LogP contribution in [0.3, 0.4) is 0 Å². The average Bonchev–Trinajstić information content (AvgIpc) is 3.22. The predicted molar refractivity (Wildman–Crippen MR) is 103 cm³/mol. The van der Waals surface area contributed by atoms with Crippen LogP contribution in [-0.4, -0.2) is 15.3 Å². The van der Waals surface area contributed by atoms with Crippen LogP contribution in [0.5, 0.6) is 0 Å². The summed E-state index contributed by atoms with van der Waals surface area (Å²) in [7, 11) is 3.95. The molecule has 0 amide bonds. The fraction of sp³-hybridized carbons (Fsp3) is 0.0909. The molecule has 0 aliphatic rings. The highest BCUT2D eigenvalue weighted by Crippen LogP contribution is 2.30. The van der Waals surface area contributed by atoms with Crippen molar-refractivity contribution < 1.29 is 33.3 Å². The van der Waals surface area contributed by atoms with Crippen molar-refractivity contribution in [1.82, 2.24) is 9.55 Å². The van der Waals surface area contributed by atoms with E-state index in [1.807, 2.05) is 67.5 Å². The molecule has 27 heavy (non-hydrogen) atoms. The van der Waals surface area contributed by atoms with Gasteiger partial charge in [0.1, 0.15) is 12.6 Å². The zero-order valence-corrected chi connectivity index (χ0v) is 17.2. The molecular formula is C22H18IN3O. The lowest BCUT2D eigenvalue weighted by atomic mass is 10.0. The van der Waals surface area contributed by atoms with Gasteiger partial charge in [0.25, 0.3) is 11.5 Å². The summed E-state index contributed by atoms with van der Waals surface area (Å²) in [5.41, 5.74) is 4.47. The molecule has 3 aromatic heterocycles. The fourth-order valence-corrected chi connectivity index (χ4v) is 3.96. The molecule has 5 rings (SSSR count). The molecule has 0 aliphatic heterocycles. The normalized spacial score (nSPS) is 11.2. The Balaban J connectivity index is 0.00000180. The maximum atomic E-state index is 13.5. The number of nitrogens with one attached hydrogen (secondary N) is 1. The number of pyridine rings is 1. The van der Waals surface area contributed by atoms with Gasteiger partial charge in [0, 0.05) is 46.5 Å².